The maximum atomic E-state index is 11.1. The van der Waals surface area contributed by atoms with Gasteiger partial charge in [-0.1, -0.05) is 13.8 Å². The second-order valence-electron chi connectivity index (χ2n) is 3.79. The van der Waals surface area contributed by atoms with Gasteiger partial charge in [0, 0.05) is 13.9 Å². The minimum Gasteiger partial charge on any atom is -0.353 e. The largest absolute Gasteiger partial charge is 0.353 e. The van der Waals surface area contributed by atoms with Crippen molar-refractivity contribution in [2.75, 3.05) is 0 Å². The average Bonchev–Trinajstić information content (AvgIpc) is 1.77. The van der Waals surface area contributed by atoms with Crippen LogP contribution < -0.4 is 5.32 Å². The van der Waals surface area contributed by atoms with Gasteiger partial charge in [-0.3, -0.25) is 4.79 Å². The van der Waals surface area contributed by atoms with Crippen LogP contribution in [-0.4, -0.2) is 11.9 Å². The summed E-state index contributed by atoms with van der Waals surface area (Å²) in [5, 5.41) is 3.01. The summed E-state index contributed by atoms with van der Waals surface area (Å²) < 4.78 is 0. The van der Waals surface area contributed by atoms with Crippen molar-refractivity contribution in [2.24, 2.45) is 5.92 Å². The second-order valence-corrected chi connectivity index (χ2v) is 3.79. The first-order valence-electron chi connectivity index (χ1n) is 4.48. The molecule has 0 radical (unpaired) electrons. The van der Waals surface area contributed by atoms with E-state index in [-0.39, 0.29) is 7.33 Å². The quantitative estimate of drug-likeness (QED) is 0.666. The lowest BCUT2D eigenvalue weighted by Crippen LogP contribution is -2.39. The number of amides is 1. The van der Waals surface area contributed by atoms with Gasteiger partial charge in [-0.25, -0.2) is 0 Å². The van der Waals surface area contributed by atoms with Crippen LogP contribution in [0.5, 0.6) is 0 Å². The van der Waals surface area contributed by atoms with Crippen LogP contribution in [0.25, 0.3) is 0 Å². The number of carbonyl (C=O) groups is 1. The molecule has 1 aliphatic rings. The average molecular weight is 157 g/mol. The van der Waals surface area contributed by atoms with Gasteiger partial charge >= 0.3 is 0 Å². The van der Waals surface area contributed by atoms with E-state index in [1.165, 1.54) is 19.3 Å². The highest BCUT2D eigenvalue weighted by atomic mass is 16.1. The maximum absolute atomic E-state index is 11.1. The molecule has 0 aromatic rings. The van der Waals surface area contributed by atoms with Gasteiger partial charge in [0.15, 0.2) is 0 Å². The zero-order chi connectivity index (χ0) is 8.27. The molecule has 0 atom stereocenters. The van der Waals surface area contributed by atoms with Crippen molar-refractivity contribution in [1.29, 1.82) is 0 Å². The molecule has 0 spiro atoms. The van der Waals surface area contributed by atoms with Gasteiger partial charge in [0.2, 0.25) is 5.91 Å². The highest BCUT2D eigenvalue weighted by Gasteiger charge is 2.19. The minimum absolute atomic E-state index is 0. The van der Waals surface area contributed by atoms with E-state index >= 15 is 0 Å². The third-order valence-corrected chi connectivity index (χ3v) is 2.06. The van der Waals surface area contributed by atoms with Gasteiger partial charge in [0.05, 0.1) is 0 Å². The Kier molecular flexibility index (Phi) is 2.92. The van der Waals surface area contributed by atoms with Crippen LogP contribution in [0.2, 0.25) is 0 Å². The summed E-state index contributed by atoms with van der Waals surface area (Å²) >= 11 is 0. The van der Waals surface area contributed by atoms with Crippen molar-refractivity contribution in [3.63, 3.8) is 0 Å². The van der Waals surface area contributed by atoms with Crippen LogP contribution in [0, 0.1) is 5.92 Å². The Labute approximate surface area is 69.8 Å². The van der Waals surface area contributed by atoms with Gasteiger partial charge in [0.1, 0.15) is 0 Å². The first kappa shape index (κ1) is 8.57. The molecule has 0 aromatic carbocycles. The molecule has 2 nitrogen and oxygen atoms in total. The lowest BCUT2D eigenvalue weighted by atomic mass is 9.93. The smallest absolute Gasteiger partial charge is 0.220 e. The molecule has 11 heavy (non-hydrogen) atoms. The molecule has 0 saturated heterocycles. The van der Waals surface area contributed by atoms with Crippen LogP contribution in [0.1, 0.15) is 41.0 Å². The fraction of sp³-hybridized carbons (Fsp3) is 0.889. The summed E-state index contributed by atoms with van der Waals surface area (Å²) in [7, 11) is 0. The predicted octanol–water partition coefficient (Wildman–Crippen LogP) is 1.95. The van der Waals surface area contributed by atoms with E-state index in [2.05, 4.69) is 19.2 Å². The number of carbonyl (C=O) groups excluding carboxylic acids is 1. The Balaban J connectivity index is 0.00000121. The fourth-order valence-electron chi connectivity index (χ4n) is 1.21. The Hall–Kier alpha value is -0.530. The maximum Gasteiger partial charge on any atom is 0.220 e. The molecule has 1 amide bonds. The van der Waals surface area contributed by atoms with Crippen LogP contribution in [-0.2, 0) is 4.79 Å². The van der Waals surface area contributed by atoms with Crippen LogP contribution in [0.3, 0.4) is 0 Å². The van der Waals surface area contributed by atoms with Crippen molar-refractivity contribution < 1.29 is 6.22 Å². The molecule has 0 aliphatic heterocycles. The number of nitrogens with one attached hydrogen (secondary N) is 1. The zero-order valence-corrected chi connectivity index (χ0v) is 7.39. The van der Waals surface area contributed by atoms with Gasteiger partial charge in [-0.15, -0.1) is 0 Å². The van der Waals surface area contributed by atoms with Crippen molar-refractivity contribution in [2.45, 2.75) is 45.6 Å². The zero-order valence-electron chi connectivity index (χ0n) is 7.39. The number of hydrogen-bond acceptors (Lipinski definition) is 1. The van der Waals surface area contributed by atoms with Crippen molar-refractivity contribution in [3.05, 3.63) is 0 Å². The Morgan fingerprint density at radius 1 is 1.64 bits per heavy atom. The minimum atomic E-state index is 0. The summed E-state index contributed by atoms with van der Waals surface area (Å²) in [6.45, 7) is 4.14. The summed E-state index contributed by atoms with van der Waals surface area (Å²) in [6, 6.07) is 0.501. The van der Waals surface area contributed by atoms with E-state index in [4.69, 9.17) is 0 Å². The lowest BCUT2D eigenvalue weighted by molar-refractivity contribution is -0.123. The summed E-state index contributed by atoms with van der Waals surface area (Å²) in [5.74, 6) is 0.708. The second kappa shape index (κ2) is 3.74. The monoisotopic (exact) mass is 157 g/mol. The fourth-order valence-corrected chi connectivity index (χ4v) is 1.21. The molecule has 1 rings (SSSR count). The molecular formula is C9H19NO. The summed E-state index contributed by atoms with van der Waals surface area (Å²) in [5.41, 5.74) is 0. The highest BCUT2D eigenvalue weighted by Crippen LogP contribution is 2.18. The molecule has 1 N–H and O–H groups in total. The third-order valence-electron chi connectivity index (χ3n) is 2.06. The molecule has 0 bridgehead atoms. The van der Waals surface area contributed by atoms with Gasteiger partial charge < -0.3 is 5.32 Å². The number of hydrogen-bond donors (Lipinski definition) is 1. The first-order valence-corrected chi connectivity index (χ1v) is 4.48. The molecular weight excluding hydrogens is 138 g/mol. The van der Waals surface area contributed by atoms with Crippen molar-refractivity contribution in [3.8, 4) is 0 Å². The topological polar surface area (TPSA) is 29.1 Å². The van der Waals surface area contributed by atoms with Crippen LogP contribution in [0.15, 0.2) is 0 Å². The molecule has 2 heteroatoms. The summed E-state index contributed by atoms with van der Waals surface area (Å²) in [6.07, 6.45) is 4.33. The third kappa shape index (κ3) is 2.91. The standard InChI is InChI=1S/C9H17NO.H2/c1-7(2)6-9(11)10-8-4-3-5-8;/h7-8H,3-6H2,1-2H3,(H,10,11);1H. The Morgan fingerprint density at radius 3 is 2.64 bits per heavy atom. The molecule has 0 aromatic heterocycles. The van der Waals surface area contributed by atoms with E-state index in [0.29, 0.717) is 18.4 Å². The first-order chi connectivity index (χ1) is 5.18. The predicted molar refractivity (Wildman–Crippen MR) is 47.4 cm³/mol. The number of rotatable bonds is 3. The SMILES string of the molecule is CC(C)CC(=O)NC1CCC1.[HH]. The Morgan fingerprint density at radius 2 is 2.27 bits per heavy atom. The van der Waals surface area contributed by atoms with E-state index in [0.717, 1.165) is 0 Å². The lowest BCUT2D eigenvalue weighted by Gasteiger charge is -2.26. The van der Waals surface area contributed by atoms with E-state index in [9.17, 15) is 4.79 Å². The molecule has 0 heterocycles. The highest BCUT2D eigenvalue weighted by molar-refractivity contribution is 5.76. The molecule has 0 unspecified atom stereocenters. The Bertz CT molecular complexity index is 143. The van der Waals surface area contributed by atoms with Gasteiger partial charge in [-0.05, 0) is 25.2 Å². The van der Waals surface area contributed by atoms with Crippen molar-refractivity contribution in [1.82, 2.24) is 5.32 Å². The van der Waals surface area contributed by atoms with Gasteiger partial charge in [0.25, 0.3) is 0 Å². The van der Waals surface area contributed by atoms with E-state index in [1.54, 1.807) is 0 Å². The molecule has 1 saturated carbocycles. The normalized spacial score (nSPS) is 18.1. The molecule has 1 fully saturated rings. The van der Waals surface area contributed by atoms with Gasteiger partial charge in [-0.2, -0.15) is 0 Å². The van der Waals surface area contributed by atoms with E-state index < -0.39 is 0 Å². The molecule has 1 aliphatic carbocycles. The summed E-state index contributed by atoms with van der Waals surface area (Å²) in [4.78, 5) is 11.1. The van der Waals surface area contributed by atoms with Crippen LogP contribution in [0.4, 0.5) is 0 Å². The van der Waals surface area contributed by atoms with Crippen molar-refractivity contribution >= 4 is 5.91 Å². The molecule has 66 valence electrons. The van der Waals surface area contributed by atoms with Crippen LogP contribution >= 0.6 is 0 Å². The van der Waals surface area contributed by atoms with E-state index in [1.807, 2.05) is 0 Å².